The fourth-order valence-electron chi connectivity index (χ4n) is 0.693. The summed E-state index contributed by atoms with van der Waals surface area (Å²) in [5.41, 5.74) is 0. The van der Waals surface area contributed by atoms with Crippen LogP contribution in [0.25, 0.3) is 0 Å². The summed E-state index contributed by atoms with van der Waals surface area (Å²) in [5.74, 6) is 0.550. The van der Waals surface area contributed by atoms with Crippen molar-refractivity contribution < 1.29 is 14.9 Å². The highest BCUT2D eigenvalue weighted by Gasteiger charge is 2.00. The number of hydrogen-bond acceptors (Lipinski definition) is 3. The Balaban J connectivity index is 2.51. The van der Waals surface area contributed by atoms with Gasteiger partial charge < -0.3 is 14.9 Å². The monoisotopic (exact) mass is 154 g/mol. The van der Waals surface area contributed by atoms with E-state index in [9.17, 15) is 0 Å². The average molecular weight is 154 g/mol. The maximum atomic E-state index is 8.84. The highest BCUT2D eigenvalue weighted by molar-refractivity contribution is 5.20. The van der Waals surface area contributed by atoms with Gasteiger partial charge in [0.25, 0.3) is 0 Å². The minimum absolute atomic E-state index is 0.394. The van der Waals surface area contributed by atoms with Crippen LogP contribution in [-0.2, 0) is 0 Å². The van der Waals surface area contributed by atoms with Crippen molar-refractivity contribution in [2.45, 2.75) is 6.29 Å². The highest BCUT2D eigenvalue weighted by Crippen LogP contribution is 2.09. The van der Waals surface area contributed by atoms with Crippen LogP contribution < -0.4 is 4.74 Å². The van der Waals surface area contributed by atoms with Gasteiger partial charge in [-0.1, -0.05) is 18.2 Å². The molecule has 0 radical (unpaired) electrons. The number of ether oxygens (including phenoxy) is 1. The summed E-state index contributed by atoms with van der Waals surface area (Å²) in [6, 6.07) is 8.84. The summed E-state index contributed by atoms with van der Waals surface area (Å²) < 4.78 is 4.87. The fraction of sp³-hybridized carbons (Fsp3) is 0.250. The van der Waals surface area contributed by atoms with Crippen LogP contribution in [0, 0.1) is 0 Å². The zero-order chi connectivity index (χ0) is 8.10. The molecule has 0 aliphatic heterocycles. The van der Waals surface area contributed by atoms with Crippen molar-refractivity contribution in [3.8, 4) is 5.75 Å². The molecule has 0 heterocycles. The first kappa shape index (κ1) is 8.04. The largest absolute Gasteiger partial charge is 0.463 e. The summed E-state index contributed by atoms with van der Waals surface area (Å²) in [6.07, 6.45) is -1.13. The van der Waals surface area contributed by atoms with E-state index in [1.807, 2.05) is 6.07 Å². The number of rotatable bonds is 3. The van der Waals surface area contributed by atoms with Crippen LogP contribution in [-0.4, -0.2) is 23.1 Å². The van der Waals surface area contributed by atoms with Crippen molar-refractivity contribution in [2.24, 2.45) is 0 Å². The van der Waals surface area contributed by atoms with Crippen LogP contribution in [0.3, 0.4) is 0 Å². The van der Waals surface area contributed by atoms with Crippen molar-refractivity contribution in [3.05, 3.63) is 30.3 Å². The quantitative estimate of drug-likeness (QED) is 0.618. The van der Waals surface area contributed by atoms with Crippen molar-refractivity contribution in [3.63, 3.8) is 0 Å². The number of benzene rings is 1. The molecule has 0 amide bonds. The molecule has 0 saturated heterocycles. The maximum absolute atomic E-state index is 8.84. The summed E-state index contributed by atoms with van der Waals surface area (Å²) in [4.78, 5) is 0. The topological polar surface area (TPSA) is 49.7 Å². The lowest BCUT2D eigenvalue weighted by Gasteiger charge is -2.09. The molecule has 1 unspecified atom stereocenters. The Morgan fingerprint density at radius 3 is 2.45 bits per heavy atom. The lowest BCUT2D eigenvalue weighted by atomic mass is 10.3. The Morgan fingerprint density at radius 1 is 1.27 bits per heavy atom. The first-order chi connectivity index (χ1) is 5.33. The molecule has 0 bridgehead atoms. The van der Waals surface area contributed by atoms with Gasteiger partial charge in [0.2, 0.25) is 6.29 Å². The van der Waals surface area contributed by atoms with E-state index in [0.29, 0.717) is 5.75 Å². The minimum Gasteiger partial charge on any atom is -0.463 e. The van der Waals surface area contributed by atoms with Gasteiger partial charge in [0.15, 0.2) is 0 Å². The molecule has 11 heavy (non-hydrogen) atoms. The van der Waals surface area contributed by atoms with E-state index in [0.717, 1.165) is 0 Å². The zero-order valence-electron chi connectivity index (χ0n) is 5.97. The highest BCUT2D eigenvalue weighted by atomic mass is 16.6. The number of aliphatic hydroxyl groups excluding tert-OH is 2. The molecule has 0 spiro atoms. The summed E-state index contributed by atoms with van der Waals surface area (Å²) in [5, 5.41) is 17.3. The lowest BCUT2D eigenvalue weighted by Crippen LogP contribution is -2.19. The second kappa shape index (κ2) is 3.95. The Hall–Kier alpha value is -1.06. The number of para-hydroxylation sites is 1. The van der Waals surface area contributed by atoms with Gasteiger partial charge >= 0.3 is 0 Å². The number of aliphatic hydroxyl groups is 2. The third kappa shape index (κ3) is 2.57. The Kier molecular flexibility index (Phi) is 2.89. The Bertz CT molecular complexity index is 198. The van der Waals surface area contributed by atoms with Gasteiger partial charge in [-0.25, -0.2) is 0 Å². The molecule has 1 aromatic rings. The van der Waals surface area contributed by atoms with E-state index < -0.39 is 12.9 Å². The van der Waals surface area contributed by atoms with Gasteiger partial charge in [-0.15, -0.1) is 0 Å². The Labute approximate surface area is 64.9 Å². The first-order valence-electron chi connectivity index (χ1n) is 3.33. The number of hydrogen-bond donors (Lipinski definition) is 2. The van der Waals surface area contributed by atoms with Crippen molar-refractivity contribution >= 4 is 0 Å². The van der Waals surface area contributed by atoms with E-state index in [-0.39, 0.29) is 0 Å². The predicted octanol–water partition coefficient (Wildman–Crippen LogP) is 0.376. The van der Waals surface area contributed by atoms with Gasteiger partial charge in [-0.05, 0) is 12.1 Å². The molecule has 2 N–H and O–H groups in total. The van der Waals surface area contributed by atoms with Crippen LogP contribution in [0.4, 0.5) is 0 Å². The smallest absolute Gasteiger partial charge is 0.220 e. The van der Waals surface area contributed by atoms with Crippen LogP contribution in [0.1, 0.15) is 0 Å². The molecular weight excluding hydrogens is 144 g/mol. The fourth-order valence-corrected chi connectivity index (χ4v) is 0.693. The van der Waals surface area contributed by atoms with E-state index in [2.05, 4.69) is 0 Å². The Morgan fingerprint density at radius 2 is 1.91 bits per heavy atom. The zero-order valence-corrected chi connectivity index (χ0v) is 5.97. The summed E-state index contributed by atoms with van der Waals surface area (Å²) in [6.45, 7) is -0.394. The van der Waals surface area contributed by atoms with E-state index in [1.165, 1.54) is 0 Å². The molecular formula is C8H10O3. The molecule has 0 aromatic heterocycles. The van der Waals surface area contributed by atoms with Crippen LogP contribution in [0.5, 0.6) is 5.75 Å². The van der Waals surface area contributed by atoms with Gasteiger partial charge in [0.1, 0.15) is 12.4 Å². The van der Waals surface area contributed by atoms with Gasteiger partial charge in [0, 0.05) is 0 Å². The molecule has 0 aliphatic carbocycles. The van der Waals surface area contributed by atoms with E-state index >= 15 is 0 Å². The normalized spacial score (nSPS) is 12.5. The van der Waals surface area contributed by atoms with Gasteiger partial charge in [-0.3, -0.25) is 0 Å². The molecule has 1 aromatic carbocycles. The van der Waals surface area contributed by atoms with E-state index in [1.54, 1.807) is 24.3 Å². The molecule has 0 aliphatic rings. The van der Waals surface area contributed by atoms with E-state index in [4.69, 9.17) is 14.9 Å². The minimum atomic E-state index is -1.13. The summed E-state index contributed by atoms with van der Waals surface area (Å²) >= 11 is 0. The second-order valence-corrected chi connectivity index (χ2v) is 2.07. The first-order valence-corrected chi connectivity index (χ1v) is 3.33. The molecule has 1 rings (SSSR count). The van der Waals surface area contributed by atoms with Crippen molar-refractivity contribution in [1.82, 2.24) is 0 Å². The molecule has 0 saturated carbocycles. The molecule has 1 atom stereocenters. The van der Waals surface area contributed by atoms with Gasteiger partial charge in [0.05, 0.1) is 0 Å². The van der Waals surface area contributed by atoms with Crippen molar-refractivity contribution in [1.29, 1.82) is 0 Å². The molecule has 0 fully saturated rings. The average Bonchev–Trinajstić information content (AvgIpc) is 2.06. The maximum Gasteiger partial charge on any atom is 0.220 e. The SMILES string of the molecule is OCC(O)Oc1ccccc1. The van der Waals surface area contributed by atoms with Gasteiger partial charge in [-0.2, -0.15) is 0 Å². The molecule has 3 heteroatoms. The molecule has 3 nitrogen and oxygen atoms in total. The second-order valence-electron chi connectivity index (χ2n) is 2.07. The standard InChI is InChI=1S/C8H10O3/c9-6-8(10)11-7-4-2-1-3-5-7/h1-5,8-10H,6H2. The van der Waals surface area contributed by atoms with Crippen LogP contribution in [0.15, 0.2) is 30.3 Å². The van der Waals surface area contributed by atoms with Crippen molar-refractivity contribution in [2.75, 3.05) is 6.61 Å². The third-order valence-electron chi connectivity index (χ3n) is 1.17. The summed E-state index contributed by atoms with van der Waals surface area (Å²) in [7, 11) is 0. The lowest BCUT2D eigenvalue weighted by molar-refractivity contribution is -0.0548. The third-order valence-corrected chi connectivity index (χ3v) is 1.17. The molecule has 60 valence electrons. The predicted molar refractivity (Wildman–Crippen MR) is 40.2 cm³/mol. The van der Waals surface area contributed by atoms with Crippen LogP contribution in [0.2, 0.25) is 0 Å². The van der Waals surface area contributed by atoms with Crippen LogP contribution >= 0.6 is 0 Å².